The van der Waals surface area contributed by atoms with Gasteiger partial charge in [0.05, 0.1) is 11.3 Å². The predicted molar refractivity (Wildman–Crippen MR) is 74.1 cm³/mol. The number of hydrogen-bond acceptors (Lipinski definition) is 4. The third kappa shape index (κ3) is 2.06. The van der Waals surface area contributed by atoms with Crippen molar-refractivity contribution in [3.05, 3.63) is 48.9 Å². The molecular formula is C14H13N5. The van der Waals surface area contributed by atoms with Gasteiger partial charge in [-0.3, -0.25) is 0 Å². The number of aryl methyl sites for hydroxylation is 1. The second-order valence-electron chi connectivity index (χ2n) is 4.22. The average molecular weight is 251 g/mol. The lowest BCUT2D eigenvalue weighted by Gasteiger charge is -2.09. The van der Waals surface area contributed by atoms with Crippen molar-refractivity contribution in [3.8, 4) is 22.6 Å². The minimum Gasteiger partial charge on any atom is -0.368 e. The molecule has 2 heterocycles. The second-order valence-corrected chi connectivity index (χ2v) is 4.22. The number of nitrogens with two attached hydrogens (primary N) is 1. The molecule has 3 rings (SSSR count). The van der Waals surface area contributed by atoms with Crippen LogP contribution in [0.4, 0.5) is 5.95 Å². The molecule has 0 fully saturated rings. The van der Waals surface area contributed by atoms with E-state index in [1.54, 1.807) is 12.4 Å². The Labute approximate surface area is 110 Å². The first-order valence-electron chi connectivity index (χ1n) is 5.91. The molecule has 94 valence electrons. The molecule has 1 aromatic carbocycles. The Morgan fingerprint density at radius 1 is 1.11 bits per heavy atom. The zero-order valence-electron chi connectivity index (χ0n) is 10.5. The van der Waals surface area contributed by atoms with E-state index in [2.05, 4.69) is 15.0 Å². The van der Waals surface area contributed by atoms with Gasteiger partial charge < -0.3 is 10.3 Å². The molecule has 0 aliphatic rings. The van der Waals surface area contributed by atoms with Crippen LogP contribution in [0.1, 0.15) is 0 Å². The number of benzene rings is 1. The number of imidazole rings is 1. The van der Waals surface area contributed by atoms with Gasteiger partial charge in [0.1, 0.15) is 5.82 Å². The summed E-state index contributed by atoms with van der Waals surface area (Å²) in [5, 5.41) is 0. The van der Waals surface area contributed by atoms with Crippen LogP contribution in [0.5, 0.6) is 0 Å². The number of rotatable bonds is 2. The predicted octanol–water partition coefficient (Wildman–Crippen LogP) is 2.13. The lowest BCUT2D eigenvalue weighted by molar-refractivity contribution is 0.922. The van der Waals surface area contributed by atoms with Gasteiger partial charge in [0.2, 0.25) is 5.95 Å². The minimum absolute atomic E-state index is 0.261. The normalized spacial score (nSPS) is 10.6. The summed E-state index contributed by atoms with van der Waals surface area (Å²) in [4.78, 5) is 12.8. The van der Waals surface area contributed by atoms with Crippen LogP contribution in [-0.2, 0) is 7.05 Å². The first-order valence-corrected chi connectivity index (χ1v) is 5.91. The van der Waals surface area contributed by atoms with Crippen LogP contribution in [-0.4, -0.2) is 19.5 Å². The van der Waals surface area contributed by atoms with E-state index in [-0.39, 0.29) is 5.95 Å². The molecule has 19 heavy (non-hydrogen) atoms. The standard InChI is InChI=1S/C14H13N5/c1-19-8-7-16-13(19)11-9-17-14(15)18-12(11)10-5-3-2-4-6-10/h2-9H,1H3,(H2,15,17,18). The molecule has 0 bridgehead atoms. The molecule has 5 heteroatoms. The number of nitrogens with zero attached hydrogens (tertiary/aromatic N) is 4. The average Bonchev–Trinajstić information content (AvgIpc) is 2.86. The Morgan fingerprint density at radius 2 is 1.89 bits per heavy atom. The summed E-state index contributed by atoms with van der Waals surface area (Å²) in [5.74, 6) is 1.08. The summed E-state index contributed by atoms with van der Waals surface area (Å²) in [6.45, 7) is 0. The quantitative estimate of drug-likeness (QED) is 0.757. The van der Waals surface area contributed by atoms with Gasteiger partial charge in [0, 0.05) is 31.2 Å². The zero-order valence-corrected chi connectivity index (χ0v) is 10.5. The SMILES string of the molecule is Cn1ccnc1-c1cnc(N)nc1-c1ccccc1. The smallest absolute Gasteiger partial charge is 0.220 e. The van der Waals surface area contributed by atoms with E-state index in [1.807, 2.05) is 48.1 Å². The van der Waals surface area contributed by atoms with Gasteiger partial charge in [-0.15, -0.1) is 0 Å². The van der Waals surface area contributed by atoms with Gasteiger partial charge in [-0.25, -0.2) is 15.0 Å². The number of hydrogen-bond donors (Lipinski definition) is 1. The van der Waals surface area contributed by atoms with Crippen molar-refractivity contribution in [3.63, 3.8) is 0 Å². The van der Waals surface area contributed by atoms with E-state index in [4.69, 9.17) is 5.73 Å². The zero-order chi connectivity index (χ0) is 13.2. The van der Waals surface area contributed by atoms with Gasteiger partial charge in [-0.2, -0.15) is 0 Å². The highest BCUT2D eigenvalue weighted by Crippen LogP contribution is 2.28. The summed E-state index contributed by atoms with van der Waals surface area (Å²) >= 11 is 0. The second kappa shape index (κ2) is 4.53. The summed E-state index contributed by atoms with van der Waals surface area (Å²) in [6.07, 6.45) is 5.36. The largest absolute Gasteiger partial charge is 0.368 e. The van der Waals surface area contributed by atoms with E-state index < -0.39 is 0 Å². The van der Waals surface area contributed by atoms with Crippen molar-refractivity contribution < 1.29 is 0 Å². The van der Waals surface area contributed by atoms with E-state index in [1.165, 1.54) is 0 Å². The summed E-state index contributed by atoms with van der Waals surface area (Å²) < 4.78 is 1.93. The molecule has 0 saturated heterocycles. The molecule has 0 saturated carbocycles. The van der Waals surface area contributed by atoms with Gasteiger partial charge >= 0.3 is 0 Å². The monoisotopic (exact) mass is 251 g/mol. The van der Waals surface area contributed by atoms with Crippen molar-refractivity contribution >= 4 is 5.95 Å². The molecule has 5 nitrogen and oxygen atoms in total. The summed E-state index contributed by atoms with van der Waals surface area (Å²) in [5.41, 5.74) is 8.36. The van der Waals surface area contributed by atoms with Crippen molar-refractivity contribution in [2.45, 2.75) is 0 Å². The Balaban J connectivity index is 2.24. The molecule has 3 aromatic rings. The van der Waals surface area contributed by atoms with Crippen LogP contribution in [0, 0.1) is 0 Å². The fraction of sp³-hybridized carbons (Fsp3) is 0.0714. The van der Waals surface area contributed by atoms with E-state index in [0.717, 1.165) is 22.6 Å². The van der Waals surface area contributed by atoms with Crippen molar-refractivity contribution in [2.75, 3.05) is 5.73 Å². The van der Waals surface area contributed by atoms with E-state index >= 15 is 0 Å². The number of anilines is 1. The Kier molecular flexibility index (Phi) is 2.72. The lowest BCUT2D eigenvalue weighted by atomic mass is 10.1. The molecule has 0 amide bonds. The lowest BCUT2D eigenvalue weighted by Crippen LogP contribution is -2.01. The maximum absolute atomic E-state index is 5.71. The molecule has 0 spiro atoms. The van der Waals surface area contributed by atoms with Gasteiger partial charge in [-0.1, -0.05) is 30.3 Å². The van der Waals surface area contributed by atoms with Gasteiger partial charge in [-0.05, 0) is 0 Å². The fourth-order valence-corrected chi connectivity index (χ4v) is 2.00. The number of nitrogen functional groups attached to an aromatic ring is 1. The molecular weight excluding hydrogens is 238 g/mol. The maximum Gasteiger partial charge on any atom is 0.220 e. The van der Waals surface area contributed by atoms with Crippen LogP contribution < -0.4 is 5.73 Å². The highest BCUT2D eigenvalue weighted by Gasteiger charge is 2.13. The molecule has 0 aliphatic heterocycles. The fourth-order valence-electron chi connectivity index (χ4n) is 2.00. The highest BCUT2D eigenvalue weighted by atomic mass is 15.1. The van der Waals surface area contributed by atoms with Crippen molar-refractivity contribution in [1.29, 1.82) is 0 Å². The van der Waals surface area contributed by atoms with Crippen LogP contribution in [0.2, 0.25) is 0 Å². The van der Waals surface area contributed by atoms with Crippen molar-refractivity contribution in [1.82, 2.24) is 19.5 Å². The first-order chi connectivity index (χ1) is 9.25. The van der Waals surface area contributed by atoms with Crippen LogP contribution in [0.15, 0.2) is 48.9 Å². The van der Waals surface area contributed by atoms with E-state index in [9.17, 15) is 0 Å². The van der Waals surface area contributed by atoms with Crippen LogP contribution in [0.3, 0.4) is 0 Å². The van der Waals surface area contributed by atoms with Gasteiger partial charge in [0.15, 0.2) is 0 Å². The van der Waals surface area contributed by atoms with Crippen molar-refractivity contribution in [2.24, 2.45) is 7.05 Å². The maximum atomic E-state index is 5.71. The summed E-state index contributed by atoms with van der Waals surface area (Å²) in [7, 11) is 1.94. The van der Waals surface area contributed by atoms with Crippen LogP contribution in [0.25, 0.3) is 22.6 Å². The first kappa shape index (κ1) is 11.4. The molecule has 0 radical (unpaired) electrons. The molecule has 2 N–H and O–H groups in total. The third-order valence-corrected chi connectivity index (χ3v) is 2.92. The topological polar surface area (TPSA) is 69.6 Å². The molecule has 0 aliphatic carbocycles. The molecule has 2 aromatic heterocycles. The Morgan fingerprint density at radius 3 is 2.58 bits per heavy atom. The van der Waals surface area contributed by atoms with Crippen LogP contribution >= 0.6 is 0 Å². The van der Waals surface area contributed by atoms with E-state index in [0.29, 0.717) is 0 Å². The minimum atomic E-state index is 0.261. The highest BCUT2D eigenvalue weighted by molar-refractivity contribution is 5.77. The summed E-state index contributed by atoms with van der Waals surface area (Å²) in [6, 6.07) is 9.89. The van der Waals surface area contributed by atoms with Gasteiger partial charge in [0.25, 0.3) is 0 Å². The Bertz CT molecular complexity index is 703. The molecule has 0 atom stereocenters. The molecule has 0 unspecified atom stereocenters. The Hall–Kier alpha value is -2.69. The number of aromatic nitrogens is 4. The third-order valence-electron chi connectivity index (χ3n) is 2.92.